The van der Waals surface area contributed by atoms with E-state index in [1.807, 2.05) is 6.07 Å². The van der Waals surface area contributed by atoms with E-state index in [1.165, 1.54) is 16.0 Å². The molecule has 0 unspecified atom stereocenters. The van der Waals surface area contributed by atoms with Crippen molar-refractivity contribution in [3.05, 3.63) is 36.7 Å². The predicted octanol–water partition coefficient (Wildman–Crippen LogP) is 1.90. The average molecular weight is 425 g/mol. The van der Waals surface area contributed by atoms with Crippen molar-refractivity contribution in [2.75, 3.05) is 24.5 Å². The van der Waals surface area contributed by atoms with Gasteiger partial charge in [-0.3, -0.25) is 9.88 Å². The molecule has 0 N–H and O–H groups in total. The minimum atomic E-state index is -5.43. The number of aromatic nitrogens is 1. The number of amides is 2. The van der Waals surface area contributed by atoms with Crippen LogP contribution in [0.3, 0.4) is 0 Å². The van der Waals surface area contributed by atoms with Crippen molar-refractivity contribution in [2.24, 2.45) is 0 Å². The van der Waals surface area contributed by atoms with Crippen LogP contribution in [-0.2, 0) is 10.0 Å². The van der Waals surface area contributed by atoms with E-state index in [0.29, 0.717) is 11.1 Å². The molecule has 12 heteroatoms. The number of benzene rings is 1. The SMILES string of the molecule is N#C[C@H]1CN(C2CN(S(=O)(=O)C(F)(F)F)C2)C(=O)N1c1cncc2ccccc12. The first kappa shape index (κ1) is 19.4. The van der Waals surface area contributed by atoms with Gasteiger partial charge in [-0.1, -0.05) is 24.3 Å². The van der Waals surface area contributed by atoms with Gasteiger partial charge in [-0.2, -0.15) is 22.7 Å². The Balaban J connectivity index is 1.59. The predicted molar refractivity (Wildman–Crippen MR) is 96.1 cm³/mol. The summed E-state index contributed by atoms with van der Waals surface area (Å²) >= 11 is 0. The summed E-state index contributed by atoms with van der Waals surface area (Å²) in [6.45, 7) is -0.968. The number of nitriles is 1. The molecule has 1 aromatic carbocycles. The number of rotatable bonds is 3. The second-order valence-corrected chi connectivity index (χ2v) is 8.68. The van der Waals surface area contributed by atoms with E-state index >= 15 is 0 Å². The van der Waals surface area contributed by atoms with Crippen molar-refractivity contribution in [3.63, 3.8) is 0 Å². The highest BCUT2D eigenvalue weighted by Crippen LogP contribution is 2.35. The van der Waals surface area contributed by atoms with Gasteiger partial charge < -0.3 is 4.90 Å². The Morgan fingerprint density at radius 3 is 2.48 bits per heavy atom. The van der Waals surface area contributed by atoms with Gasteiger partial charge in [-0.05, 0) is 0 Å². The number of hydrogen-bond acceptors (Lipinski definition) is 5. The van der Waals surface area contributed by atoms with Crippen LogP contribution in [0.1, 0.15) is 0 Å². The van der Waals surface area contributed by atoms with Gasteiger partial charge in [-0.25, -0.2) is 13.2 Å². The third kappa shape index (κ3) is 2.97. The second kappa shape index (κ2) is 6.57. The van der Waals surface area contributed by atoms with E-state index in [1.54, 1.807) is 30.5 Å². The summed E-state index contributed by atoms with van der Waals surface area (Å²) in [5.41, 5.74) is -4.97. The molecular weight excluding hydrogens is 411 g/mol. The van der Waals surface area contributed by atoms with Gasteiger partial charge in [0.2, 0.25) is 0 Å². The molecule has 1 aromatic heterocycles. The smallest absolute Gasteiger partial charge is 0.315 e. The maximum absolute atomic E-state index is 13.0. The molecule has 0 bridgehead atoms. The van der Waals surface area contributed by atoms with E-state index in [9.17, 15) is 31.6 Å². The molecule has 2 fully saturated rings. The quantitative estimate of drug-likeness (QED) is 0.748. The fourth-order valence-electron chi connectivity index (χ4n) is 3.54. The highest BCUT2D eigenvalue weighted by atomic mass is 32.2. The van der Waals surface area contributed by atoms with E-state index in [0.717, 1.165) is 5.39 Å². The minimum Gasteiger partial charge on any atom is -0.315 e. The molecule has 29 heavy (non-hydrogen) atoms. The summed E-state index contributed by atoms with van der Waals surface area (Å²) in [6.07, 6.45) is 3.07. The van der Waals surface area contributed by atoms with Crippen molar-refractivity contribution in [3.8, 4) is 6.07 Å². The van der Waals surface area contributed by atoms with Crippen LogP contribution in [0, 0.1) is 11.3 Å². The molecule has 0 spiro atoms. The Bertz CT molecular complexity index is 1120. The third-order valence-corrected chi connectivity index (χ3v) is 6.65. The molecule has 2 aromatic rings. The first-order valence-electron chi connectivity index (χ1n) is 8.54. The molecule has 8 nitrogen and oxygen atoms in total. The van der Waals surface area contributed by atoms with Crippen molar-refractivity contribution in [1.29, 1.82) is 5.26 Å². The normalized spacial score (nSPS) is 21.4. The Morgan fingerprint density at radius 1 is 1.14 bits per heavy atom. The molecule has 2 aliphatic heterocycles. The number of halogens is 3. The van der Waals surface area contributed by atoms with Gasteiger partial charge in [0.15, 0.2) is 0 Å². The van der Waals surface area contributed by atoms with Crippen LogP contribution in [0.4, 0.5) is 23.7 Å². The van der Waals surface area contributed by atoms with Crippen LogP contribution in [0.15, 0.2) is 36.7 Å². The molecule has 2 saturated heterocycles. The number of hydrogen-bond donors (Lipinski definition) is 0. The summed E-state index contributed by atoms with van der Waals surface area (Å²) in [6, 6.07) is 7.02. The van der Waals surface area contributed by atoms with Crippen molar-refractivity contribution in [1.82, 2.24) is 14.2 Å². The highest BCUT2D eigenvalue weighted by molar-refractivity contribution is 7.90. The molecule has 2 amide bonds. The number of nitrogens with zero attached hydrogens (tertiary/aromatic N) is 5. The van der Waals surface area contributed by atoms with Crippen LogP contribution in [0.25, 0.3) is 10.8 Å². The number of fused-ring (bicyclic) bond motifs is 1. The van der Waals surface area contributed by atoms with Crippen LogP contribution in [-0.4, -0.2) is 65.9 Å². The minimum absolute atomic E-state index is 0.0386. The monoisotopic (exact) mass is 425 g/mol. The fourth-order valence-corrected chi connectivity index (χ4v) is 4.57. The lowest BCUT2D eigenvalue weighted by atomic mass is 10.1. The zero-order valence-electron chi connectivity index (χ0n) is 14.7. The van der Waals surface area contributed by atoms with Gasteiger partial charge in [-0.15, -0.1) is 0 Å². The van der Waals surface area contributed by atoms with Gasteiger partial charge >= 0.3 is 21.6 Å². The molecule has 0 aliphatic carbocycles. The van der Waals surface area contributed by atoms with Crippen LogP contribution < -0.4 is 4.90 Å². The Kier molecular flexibility index (Phi) is 4.39. The van der Waals surface area contributed by atoms with Crippen LogP contribution in [0.2, 0.25) is 0 Å². The fraction of sp³-hybridized carbons (Fsp3) is 0.353. The average Bonchev–Trinajstić information content (AvgIpc) is 2.95. The molecule has 4 rings (SSSR count). The summed E-state index contributed by atoms with van der Waals surface area (Å²) in [7, 11) is -5.43. The molecule has 3 heterocycles. The van der Waals surface area contributed by atoms with Crippen molar-refractivity contribution in [2.45, 2.75) is 17.6 Å². The van der Waals surface area contributed by atoms with Crippen molar-refractivity contribution >= 4 is 32.5 Å². The van der Waals surface area contributed by atoms with Crippen LogP contribution >= 0.6 is 0 Å². The lowest BCUT2D eigenvalue weighted by Gasteiger charge is -2.42. The molecule has 152 valence electrons. The summed E-state index contributed by atoms with van der Waals surface area (Å²) < 4.78 is 61.2. The van der Waals surface area contributed by atoms with E-state index < -0.39 is 46.7 Å². The number of urea groups is 1. The lowest BCUT2D eigenvalue weighted by Crippen LogP contribution is -2.63. The van der Waals surface area contributed by atoms with Gasteiger partial charge in [0.1, 0.15) is 6.04 Å². The zero-order chi connectivity index (χ0) is 21.0. The van der Waals surface area contributed by atoms with Gasteiger partial charge in [0.05, 0.1) is 30.5 Å². The molecule has 1 atom stereocenters. The molecule has 0 saturated carbocycles. The standard InChI is InChI=1S/C17H14F3N5O3S/c18-17(19,20)29(27,28)23-8-13(9-23)24-10-12(5-21)25(16(24)26)15-7-22-6-11-3-1-2-4-14(11)15/h1-4,6-7,12-13H,8-10H2/t12-/m0/s1. The molecular formula is C17H14F3N5O3S. The van der Waals surface area contributed by atoms with Gasteiger partial charge in [0.25, 0.3) is 0 Å². The Hall–Kier alpha value is -2.91. The first-order valence-corrected chi connectivity index (χ1v) is 9.98. The highest BCUT2D eigenvalue weighted by Gasteiger charge is 2.56. The number of anilines is 1. The largest absolute Gasteiger partial charge is 0.511 e. The maximum atomic E-state index is 13.0. The van der Waals surface area contributed by atoms with Crippen molar-refractivity contribution < 1.29 is 26.4 Å². The number of pyridine rings is 1. The first-order chi connectivity index (χ1) is 13.6. The van der Waals surface area contributed by atoms with E-state index in [-0.39, 0.29) is 10.8 Å². The summed E-state index contributed by atoms with van der Waals surface area (Å²) in [5.74, 6) is 0. The van der Waals surface area contributed by atoms with E-state index in [2.05, 4.69) is 4.98 Å². The number of carbonyl (C=O) groups excluding carboxylic acids is 1. The maximum Gasteiger partial charge on any atom is 0.511 e. The van der Waals surface area contributed by atoms with Gasteiger partial charge in [0, 0.05) is 30.1 Å². The number of sulfonamides is 1. The zero-order valence-corrected chi connectivity index (χ0v) is 15.6. The van der Waals surface area contributed by atoms with Crippen LogP contribution in [0.5, 0.6) is 0 Å². The Morgan fingerprint density at radius 2 is 1.83 bits per heavy atom. The molecule has 2 aliphatic rings. The summed E-state index contributed by atoms with van der Waals surface area (Å²) in [5, 5.41) is 11.0. The summed E-state index contributed by atoms with van der Waals surface area (Å²) in [4.78, 5) is 19.6. The second-order valence-electron chi connectivity index (χ2n) is 6.75. The molecule has 0 radical (unpaired) electrons. The lowest BCUT2D eigenvalue weighted by molar-refractivity contribution is -0.0526. The number of carbonyl (C=O) groups is 1. The van der Waals surface area contributed by atoms with E-state index in [4.69, 9.17) is 0 Å². The topological polar surface area (TPSA) is 97.6 Å². The third-order valence-electron chi connectivity index (χ3n) is 5.09. The Labute approximate surface area is 163 Å². The number of alkyl halides is 3.